The van der Waals surface area contributed by atoms with Gasteiger partial charge < -0.3 is 19.9 Å². The van der Waals surface area contributed by atoms with Crippen LogP contribution in [0.25, 0.3) is 10.6 Å². The molecule has 0 radical (unpaired) electrons. The van der Waals surface area contributed by atoms with Crippen LogP contribution in [0.3, 0.4) is 0 Å². The summed E-state index contributed by atoms with van der Waals surface area (Å²) in [4.78, 5) is 28.2. The number of carboxylic acid groups (broad SMARTS) is 1. The van der Waals surface area contributed by atoms with Crippen molar-refractivity contribution < 1.29 is 24.2 Å². The predicted molar refractivity (Wildman–Crippen MR) is 96.5 cm³/mol. The molecule has 1 aliphatic heterocycles. The van der Waals surface area contributed by atoms with Gasteiger partial charge >= 0.3 is 5.97 Å². The van der Waals surface area contributed by atoms with Gasteiger partial charge in [0.05, 0.1) is 12.1 Å². The van der Waals surface area contributed by atoms with Crippen molar-refractivity contribution in [2.45, 2.75) is 38.6 Å². The number of thiazole rings is 1. The molecule has 0 spiro atoms. The summed E-state index contributed by atoms with van der Waals surface area (Å²) in [6.45, 7) is 3.61. The molecule has 8 heteroatoms. The average molecular weight is 376 g/mol. The smallest absolute Gasteiger partial charge is 0.329 e. The Bertz CT molecular complexity index is 835. The lowest BCUT2D eigenvalue weighted by atomic mass is 9.96. The highest BCUT2D eigenvalue weighted by atomic mass is 32.1. The summed E-state index contributed by atoms with van der Waals surface area (Å²) >= 11 is 1.42. The summed E-state index contributed by atoms with van der Waals surface area (Å²) in [6, 6.07) is 5.57. The standard InChI is InChI=1S/C18H20N2O5S/c1-3-6-18(2,17(22)23)20-15(21)8-12-9-26-16(19-12)11-4-5-13-14(7-11)25-10-24-13/h4-5,7,9H,3,6,8,10H2,1-2H3,(H,20,21)(H,22,23). The third-order valence-electron chi connectivity index (χ3n) is 4.15. The molecule has 0 saturated heterocycles. The van der Waals surface area contributed by atoms with Crippen LogP contribution in [0.4, 0.5) is 0 Å². The lowest BCUT2D eigenvalue weighted by Crippen LogP contribution is -2.52. The summed E-state index contributed by atoms with van der Waals surface area (Å²) in [5.74, 6) is -0.0134. The molecule has 138 valence electrons. The van der Waals surface area contributed by atoms with E-state index in [0.29, 0.717) is 30.0 Å². The number of carboxylic acids is 1. The number of aliphatic carboxylic acids is 1. The molecule has 0 fully saturated rings. The first kappa shape index (κ1) is 18.2. The number of hydrogen-bond acceptors (Lipinski definition) is 6. The van der Waals surface area contributed by atoms with Crippen molar-refractivity contribution in [3.8, 4) is 22.1 Å². The number of ether oxygens (including phenoxy) is 2. The second-order valence-electron chi connectivity index (χ2n) is 6.32. The van der Waals surface area contributed by atoms with E-state index in [4.69, 9.17) is 9.47 Å². The SMILES string of the molecule is CCCC(C)(NC(=O)Cc1csc(-c2ccc3c(c2)OCO3)n1)C(=O)O. The Balaban J connectivity index is 1.68. The van der Waals surface area contributed by atoms with Gasteiger partial charge in [-0.05, 0) is 31.5 Å². The Kier molecular flexibility index (Phi) is 5.13. The van der Waals surface area contributed by atoms with Crippen LogP contribution in [-0.2, 0) is 16.0 Å². The van der Waals surface area contributed by atoms with Crippen LogP contribution < -0.4 is 14.8 Å². The Morgan fingerprint density at radius 1 is 1.35 bits per heavy atom. The van der Waals surface area contributed by atoms with Gasteiger partial charge in [-0.1, -0.05) is 13.3 Å². The number of carbonyl (C=O) groups excluding carboxylic acids is 1. The first-order chi connectivity index (χ1) is 12.4. The summed E-state index contributed by atoms with van der Waals surface area (Å²) in [5, 5.41) is 14.5. The van der Waals surface area contributed by atoms with Crippen molar-refractivity contribution >= 4 is 23.2 Å². The molecule has 0 saturated carbocycles. The average Bonchev–Trinajstić information content (AvgIpc) is 3.22. The number of hydrogen-bond donors (Lipinski definition) is 2. The van der Waals surface area contributed by atoms with Crippen LogP contribution in [0.2, 0.25) is 0 Å². The molecule has 0 bridgehead atoms. The molecule has 1 atom stereocenters. The Labute approximate surface area is 155 Å². The van der Waals surface area contributed by atoms with E-state index in [1.807, 2.05) is 25.1 Å². The number of amides is 1. The maximum atomic E-state index is 12.3. The molecule has 0 aliphatic carbocycles. The van der Waals surface area contributed by atoms with Gasteiger partial charge in [0, 0.05) is 10.9 Å². The molecule has 7 nitrogen and oxygen atoms in total. The van der Waals surface area contributed by atoms with Gasteiger partial charge in [-0.2, -0.15) is 0 Å². The highest BCUT2D eigenvalue weighted by Crippen LogP contribution is 2.36. The van der Waals surface area contributed by atoms with Crippen LogP contribution in [0.5, 0.6) is 11.5 Å². The van der Waals surface area contributed by atoms with E-state index in [0.717, 1.165) is 10.6 Å². The highest BCUT2D eigenvalue weighted by Gasteiger charge is 2.33. The van der Waals surface area contributed by atoms with E-state index in [-0.39, 0.29) is 19.1 Å². The van der Waals surface area contributed by atoms with Crippen LogP contribution >= 0.6 is 11.3 Å². The van der Waals surface area contributed by atoms with Gasteiger partial charge in [-0.15, -0.1) is 11.3 Å². The van der Waals surface area contributed by atoms with E-state index < -0.39 is 11.5 Å². The fourth-order valence-corrected chi connectivity index (χ4v) is 3.61. The Morgan fingerprint density at radius 3 is 2.85 bits per heavy atom. The van der Waals surface area contributed by atoms with Gasteiger partial charge in [0.1, 0.15) is 10.5 Å². The van der Waals surface area contributed by atoms with Gasteiger partial charge in [0.15, 0.2) is 11.5 Å². The molecule has 3 rings (SSSR count). The lowest BCUT2D eigenvalue weighted by Gasteiger charge is -2.25. The molecular weight excluding hydrogens is 356 g/mol. The Hall–Kier alpha value is -2.61. The zero-order valence-electron chi connectivity index (χ0n) is 14.6. The van der Waals surface area contributed by atoms with Gasteiger partial charge in [-0.3, -0.25) is 4.79 Å². The number of aromatic nitrogens is 1. The van der Waals surface area contributed by atoms with E-state index in [1.54, 1.807) is 5.38 Å². The van der Waals surface area contributed by atoms with E-state index in [1.165, 1.54) is 18.3 Å². The van der Waals surface area contributed by atoms with E-state index >= 15 is 0 Å². The molecule has 2 aromatic rings. The molecule has 2 heterocycles. The minimum absolute atomic E-state index is 0.0354. The van der Waals surface area contributed by atoms with Crippen molar-refractivity contribution in [1.29, 1.82) is 0 Å². The fraction of sp³-hybridized carbons (Fsp3) is 0.389. The number of carbonyl (C=O) groups is 2. The van der Waals surface area contributed by atoms with Crippen molar-refractivity contribution in [1.82, 2.24) is 10.3 Å². The van der Waals surface area contributed by atoms with Crippen molar-refractivity contribution in [3.05, 3.63) is 29.3 Å². The molecule has 1 amide bonds. The molecule has 1 aromatic heterocycles. The van der Waals surface area contributed by atoms with Crippen LogP contribution in [0.15, 0.2) is 23.6 Å². The van der Waals surface area contributed by atoms with E-state index in [9.17, 15) is 14.7 Å². The predicted octanol–water partition coefficient (Wildman–Crippen LogP) is 2.84. The third-order valence-corrected chi connectivity index (χ3v) is 5.09. The first-order valence-electron chi connectivity index (χ1n) is 8.30. The molecule has 1 unspecified atom stereocenters. The number of rotatable bonds is 7. The zero-order valence-corrected chi connectivity index (χ0v) is 15.4. The Morgan fingerprint density at radius 2 is 2.12 bits per heavy atom. The quantitative estimate of drug-likeness (QED) is 0.771. The third kappa shape index (κ3) is 3.80. The summed E-state index contributed by atoms with van der Waals surface area (Å²) < 4.78 is 10.7. The second kappa shape index (κ2) is 7.33. The maximum absolute atomic E-state index is 12.3. The first-order valence-corrected chi connectivity index (χ1v) is 9.18. The van der Waals surface area contributed by atoms with Gasteiger partial charge in [0.25, 0.3) is 0 Å². The number of fused-ring (bicyclic) bond motifs is 1. The molecule has 1 aliphatic rings. The van der Waals surface area contributed by atoms with Crippen LogP contribution in [-0.4, -0.2) is 34.3 Å². The number of nitrogens with zero attached hydrogens (tertiary/aromatic N) is 1. The summed E-state index contributed by atoms with van der Waals surface area (Å²) in [7, 11) is 0. The molecule has 26 heavy (non-hydrogen) atoms. The topological polar surface area (TPSA) is 97.8 Å². The van der Waals surface area contributed by atoms with Crippen molar-refractivity contribution in [2.75, 3.05) is 6.79 Å². The molecule has 1 aromatic carbocycles. The monoisotopic (exact) mass is 376 g/mol. The van der Waals surface area contributed by atoms with Crippen molar-refractivity contribution in [2.24, 2.45) is 0 Å². The molecule has 2 N–H and O–H groups in total. The number of nitrogens with one attached hydrogen (secondary N) is 1. The van der Waals surface area contributed by atoms with Crippen molar-refractivity contribution in [3.63, 3.8) is 0 Å². The normalized spacial score (nSPS) is 14.7. The fourth-order valence-electron chi connectivity index (χ4n) is 2.79. The zero-order chi connectivity index (χ0) is 18.7. The largest absolute Gasteiger partial charge is 0.480 e. The van der Waals surface area contributed by atoms with Gasteiger partial charge in [0.2, 0.25) is 12.7 Å². The summed E-state index contributed by atoms with van der Waals surface area (Å²) in [6.07, 6.45) is 1.06. The highest BCUT2D eigenvalue weighted by molar-refractivity contribution is 7.13. The van der Waals surface area contributed by atoms with Crippen LogP contribution in [0.1, 0.15) is 32.4 Å². The summed E-state index contributed by atoms with van der Waals surface area (Å²) in [5.41, 5.74) is 0.221. The number of benzene rings is 1. The van der Waals surface area contributed by atoms with Gasteiger partial charge in [-0.25, -0.2) is 9.78 Å². The minimum Gasteiger partial charge on any atom is -0.480 e. The van der Waals surface area contributed by atoms with E-state index in [2.05, 4.69) is 10.3 Å². The maximum Gasteiger partial charge on any atom is 0.329 e. The lowest BCUT2D eigenvalue weighted by molar-refractivity contribution is -0.147. The second-order valence-corrected chi connectivity index (χ2v) is 7.18. The van der Waals surface area contributed by atoms with Crippen LogP contribution in [0, 0.1) is 0 Å². The molecular formula is C18H20N2O5S. The minimum atomic E-state index is -1.26.